The van der Waals surface area contributed by atoms with Crippen LogP contribution in [0.25, 0.3) is 0 Å². The monoisotopic (exact) mass is 262 g/mol. The van der Waals surface area contributed by atoms with E-state index in [2.05, 4.69) is 0 Å². The highest BCUT2D eigenvalue weighted by Crippen LogP contribution is 2.29. The number of hydrogen-bond donors (Lipinski definition) is 0. The molecule has 0 aliphatic heterocycles. The summed E-state index contributed by atoms with van der Waals surface area (Å²) in [6.45, 7) is 2.96. The first kappa shape index (κ1) is 14.6. The third-order valence-electron chi connectivity index (χ3n) is 3.38. The van der Waals surface area contributed by atoms with Crippen molar-refractivity contribution < 1.29 is 17.9 Å². The van der Waals surface area contributed by atoms with Gasteiger partial charge in [-0.3, -0.25) is 4.79 Å². The normalized spacial score (nSPS) is 25.8. The molecule has 0 bridgehead atoms. The Morgan fingerprint density at radius 3 is 2.65 bits per heavy atom. The molecule has 1 fully saturated rings. The van der Waals surface area contributed by atoms with Gasteiger partial charge in [0.05, 0.1) is 11.9 Å². The summed E-state index contributed by atoms with van der Waals surface area (Å²) in [5, 5.41) is -0.322. The van der Waals surface area contributed by atoms with Gasteiger partial charge in [-0.05, 0) is 26.2 Å². The van der Waals surface area contributed by atoms with E-state index in [9.17, 15) is 13.2 Å². The first-order valence-electron chi connectivity index (χ1n) is 6.24. The van der Waals surface area contributed by atoms with Gasteiger partial charge in [0, 0.05) is 25.2 Å². The van der Waals surface area contributed by atoms with Gasteiger partial charge in [0.25, 0.3) is 0 Å². The summed E-state index contributed by atoms with van der Waals surface area (Å²) in [5.41, 5.74) is 0. The van der Waals surface area contributed by atoms with E-state index in [0.717, 1.165) is 12.8 Å². The minimum absolute atomic E-state index is 0.0797. The van der Waals surface area contributed by atoms with Crippen molar-refractivity contribution in [1.29, 1.82) is 0 Å². The average Bonchev–Trinajstić information content (AvgIpc) is 2.28. The SMILES string of the molecule is CCOCCC(=O)C1CCCC(S(C)(=O)=O)C1. The van der Waals surface area contributed by atoms with Gasteiger partial charge < -0.3 is 4.74 Å². The molecule has 0 aromatic heterocycles. The number of Topliss-reactive ketones (excluding diaryl/α,β-unsaturated/α-hetero) is 1. The molecule has 2 atom stereocenters. The van der Waals surface area contributed by atoms with Crippen molar-refractivity contribution in [3.8, 4) is 0 Å². The maximum atomic E-state index is 11.9. The van der Waals surface area contributed by atoms with Crippen LogP contribution in [0, 0.1) is 5.92 Å². The number of sulfone groups is 1. The molecule has 4 nitrogen and oxygen atoms in total. The Hall–Kier alpha value is -0.420. The number of rotatable bonds is 6. The summed E-state index contributed by atoms with van der Waals surface area (Å²) in [5.74, 6) is 0.0794. The fraction of sp³-hybridized carbons (Fsp3) is 0.917. The highest BCUT2D eigenvalue weighted by Gasteiger charge is 2.31. The van der Waals surface area contributed by atoms with Crippen LogP contribution in [0.4, 0.5) is 0 Å². The first-order chi connectivity index (χ1) is 7.95. The van der Waals surface area contributed by atoms with Crippen molar-refractivity contribution in [3.05, 3.63) is 0 Å². The predicted octanol–water partition coefficient (Wildman–Crippen LogP) is 1.59. The number of carbonyl (C=O) groups is 1. The van der Waals surface area contributed by atoms with Crippen LogP contribution in [-0.4, -0.2) is 38.9 Å². The third kappa shape index (κ3) is 4.76. The maximum absolute atomic E-state index is 11.9. The molecule has 0 spiro atoms. The van der Waals surface area contributed by atoms with Crippen molar-refractivity contribution in [1.82, 2.24) is 0 Å². The van der Waals surface area contributed by atoms with Gasteiger partial charge in [-0.15, -0.1) is 0 Å². The molecular weight excluding hydrogens is 240 g/mol. The average molecular weight is 262 g/mol. The standard InChI is InChI=1S/C12H22O4S/c1-3-16-8-7-12(13)10-5-4-6-11(9-10)17(2,14)15/h10-11H,3-9H2,1-2H3. The van der Waals surface area contributed by atoms with Crippen molar-refractivity contribution >= 4 is 15.6 Å². The Labute approximate surface area is 104 Å². The summed E-state index contributed by atoms with van der Waals surface area (Å²) < 4.78 is 28.1. The molecule has 2 unspecified atom stereocenters. The van der Waals surface area contributed by atoms with Gasteiger partial charge in [0.15, 0.2) is 0 Å². The Kier molecular flexibility index (Phi) is 5.59. The van der Waals surface area contributed by atoms with Crippen LogP contribution in [-0.2, 0) is 19.4 Å². The zero-order valence-corrected chi connectivity index (χ0v) is 11.5. The molecule has 5 heteroatoms. The number of ketones is 1. The smallest absolute Gasteiger partial charge is 0.150 e. The molecule has 0 radical (unpaired) electrons. The lowest BCUT2D eigenvalue weighted by molar-refractivity contribution is -0.124. The third-order valence-corrected chi connectivity index (χ3v) is 5.02. The molecule has 100 valence electrons. The Morgan fingerprint density at radius 2 is 2.06 bits per heavy atom. The lowest BCUT2D eigenvalue weighted by Gasteiger charge is -2.27. The van der Waals surface area contributed by atoms with Gasteiger partial charge in [0.2, 0.25) is 0 Å². The van der Waals surface area contributed by atoms with E-state index in [1.807, 2.05) is 6.92 Å². The van der Waals surface area contributed by atoms with E-state index in [1.165, 1.54) is 6.26 Å². The Balaban J connectivity index is 2.46. The molecule has 0 aromatic carbocycles. The van der Waals surface area contributed by atoms with Crippen LogP contribution in [0.3, 0.4) is 0 Å². The molecule has 1 aliphatic rings. The van der Waals surface area contributed by atoms with Crippen molar-refractivity contribution in [2.75, 3.05) is 19.5 Å². The summed E-state index contributed by atoms with van der Waals surface area (Å²) in [6, 6.07) is 0. The van der Waals surface area contributed by atoms with Crippen molar-refractivity contribution in [2.24, 2.45) is 5.92 Å². The fourth-order valence-corrected chi connectivity index (χ4v) is 3.52. The van der Waals surface area contributed by atoms with Crippen LogP contribution in [0.5, 0.6) is 0 Å². The largest absolute Gasteiger partial charge is 0.381 e. The molecule has 1 aliphatic carbocycles. The fourth-order valence-electron chi connectivity index (χ4n) is 2.35. The molecule has 0 amide bonds. The summed E-state index contributed by atoms with van der Waals surface area (Å²) in [7, 11) is -3.00. The molecule has 0 heterocycles. The summed E-state index contributed by atoms with van der Waals surface area (Å²) in [6.07, 6.45) is 4.55. The van der Waals surface area contributed by atoms with Gasteiger partial charge in [-0.2, -0.15) is 0 Å². The van der Waals surface area contributed by atoms with Crippen LogP contribution in [0.2, 0.25) is 0 Å². The van der Waals surface area contributed by atoms with Crippen LogP contribution < -0.4 is 0 Å². The van der Waals surface area contributed by atoms with Crippen LogP contribution in [0.15, 0.2) is 0 Å². The number of hydrogen-bond acceptors (Lipinski definition) is 4. The second kappa shape index (κ2) is 6.50. The zero-order chi connectivity index (χ0) is 12.9. The lowest BCUT2D eigenvalue weighted by Crippen LogP contribution is -2.31. The van der Waals surface area contributed by atoms with Gasteiger partial charge >= 0.3 is 0 Å². The first-order valence-corrected chi connectivity index (χ1v) is 8.20. The number of carbonyl (C=O) groups excluding carboxylic acids is 1. The predicted molar refractivity (Wildman–Crippen MR) is 66.7 cm³/mol. The van der Waals surface area contributed by atoms with E-state index in [4.69, 9.17) is 4.74 Å². The second-order valence-electron chi connectivity index (χ2n) is 4.73. The van der Waals surface area contributed by atoms with E-state index in [-0.39, 0.29) is 17.0 Å². The molecule has 0 N–H and O–H groups in total. The molecular formula is C12H22O4S. The maximum Gasteiger partial charge on any atom is 0.150 e. The van der Waals surface area contributed by atoms with Crippen molar-refractivity contribution in [3.63, 3.8) is 0 Å². The van der Waals surface area contributed by atoms with E-state index >= 15 is 0 Å². The zero-order valence-electron chi connectivity index (χ0n) is 10.6. The van der Waals surface area contributed by atoms with Crippen molar-refractivity contribution in [2.45, 2.75) is 44.3 Å². The molecule has 0 aromatic rings. The van der Waals surface area contributed by atoms with Crippen LogP contribution >= 0.6 is 0 Å². The summed E-state index contributed by atoms with van der Waals surface area (Å²) in [4.78, 5) is 11.9. The van der Waals surface area contributed by atoms with Gasteiger partial charge in [-0.25, -0.2) is 8.42 Å². The Bertz CT molecular complexity index is 348. The molecule has 17 heavy (non-hydrogen) atoms. The minimum Gasteiger partial charge on any atom is -0.381 e. The summed E-state index contributed by atoms with van der Waals surface area (Å²) >= 11 is 0. The lowest BCUT2D eigenvalue weighted by atomic mass is 9.85. The van der Waals surface area contributed by atoms with E-state index in [0.29, 0.717) is 32.5 Å². The van der Waals surface area contributed by atoms with Crippen LogP contribution in [0.1, 0.15) is 39.0 Å². The van der Waals surface area contributed by atoms with Gasteiger partial charge in [0.1, 0.15) is 15.6 Å². The minimum atomic E-state index is -3.00. The topological polar surface area (TPSA) is 60.4 Å². The second-order valence-corrected chi connectivity index (χ2v) is 7.05. The van der Waals surface area contributed by atoms with Gasteiger partial charge in [-0.1, -0.05) is 6.42 Å². The van der Waals surface area contributed by atoms with E-state index < -0.39 is 9.84 Å². The molecule has 1 rings (SSSR count). The highest BCUT2D eigenvalue weighted by atomic mass is 32.2. The number of ether oxygens (including phenoxy) is 1. The molecule has 0 saturated heterocycles. The quantitative estimate of drug-likeness (QED) is 0.682. The van der Waals surface area contributed by atoms with E-state index in [1.54, 1.807) is 0 Å². The molecule has 1 saturated carbocycles. The highest BCUT2D eigenvalue weighted by molar-refractivity contribution is 7.91. The Morgan fingerprint density at radius 1 is 1.35 bits per heavy atom.